The molecule has 2 aromatic rings. The van der Waals surface area contributed by atoms with Crippen LogP contribution >= 0.6 is 39.1 Å². The number of halogens is 4. The van der Waals surface area contributed by atoms with Gasteiger partial charge in [0.25, 0.3) is 0 Å². The minimum Gasteiger partial charge on any atom is -0.438 e. The summed E-state index contributed by atoms with van der Waals surface area (Å²) in [7, 11) is 0. The van der Waals surface area contributed by atoms with Crippen molar-refractivity contribution in [3.8, 4) is 11.6 Å². The van der Waals surface area contributed by atoms with Crippen molar-refractivity contribution in [3.05, 3.63) is 44.5 Å². The molecule has 0 saturated heterocycles. The Kier molecular flexibility index (Phi) is 5.18. The van der Waals surface area contributed by atoms with Crippen LogP contribution in [0.25, 0.3) is 0 Å². The van der Waals surface area contributed by atoms with Crippen LogP contribution in [0, 0.1) is 5.82 Å². The maximum Gasteiger partial charge on any atom is 0.224 e. The van der Waals surface area contributed by atoms with Crippen LogP contribution in [0.2, 0.25) is 10.2 Å². The summed E-state index contributed by atoms with van der Waals surface area (Å²) in [6.07, 6.45) is 1.58. The van der Waals surface area contributed by atoms with E-state index in [1.807, 2.05) is 6.92 Å². The number of aryl methyl sites for hydroxylation is 1. The van der Waals surface area contributed by atoms with E-state index in [1.54, 1.807) is 0 Å². The number of nitrogens with zero attached hydrogens (tertiary/aromatic N) is 2. The second-order valence-electron chi connectivity index (χ2n) is 3.99. The lowest BCUT2D eigenvalue weighted by Crippen LogP contribution is -1.98. The van der Waals surface area contributed by atoms with Crippen LogP contribution in [0.5, 0.6) is 11.6 Å². The smallest absolute Gasteiger partial charge is 0.224 e. The third-order valence-electron chi connectivity index (χ3n) is 2.38. The van der Waals surface area contributed by atoms with Gasteiger partial charge in [-0.05, 0) is 28.4 Å². The standard InChI is InChI=1S/C13H10BrCl2FN2O/c1-2-3-12-18-11(16)6-13(19-12)20-10-5-9(17)8(15)4-7(10)14/h4-6H,2-3H2,1H3. The molecule has 0 spiro atoms. The zero-order valence-corrected chi connectivity index (χ0v) is 13.6. The van der Waals surface area contributed by atoms with E-state index in [9.17, 15) is 4.39 Å². The summed E-state index contributed by atoms with van der Waals surface area (Å²) in [4.78, 5) is 8.30. The highest BCUT2D eigenvalue weighted by Crippen LogP contribution is 2.33. The second kappa shape index (κ2) is 6.70. The van der Waals surface area contributed by atoms with Crippen molar-refractivity contribution in [2.24, 2.45) is 0 Å². The molecule has 0 aliphatic rings. The Morgan fingerprint density at radius 3 is 2.70 bits per heavy atom. The predicted molar refractivity (Wildman–Crippen MR) is 80.2 cm³/mol. The number of benzene rings is 1. The van der Waals surface area contributed by atoms with Crippen LogP contribution in [0.15, 0.2) is 22.7 Å². The Labute approximate surface area is 134 Å². The van der Waals surface area contributed by atoms with Crippen molar-refractivity contribution in [1.29, 1.82) is 0 Å². The summed E-state index contributed by atoms with van der Waals surface area (Å²) in [5.41, 5.74) is 0. The summed E-state index contributed by atoms with van der Waals surface area (Å²) in [5.74, 6) is 0.541. The predicted octanol–water partition coefficient (Wildman–Crippen LogP) is 5.43. The third kappa shape index (κ3) is 3.81. The second-order valence-corrected chi connectivity index (χ2v) is 5.64. The average Bonchev–Trinajstić information content (AvgIpc) is 2.35. The molecule has 1 aromatic heterocycles. The topological polar surface area (TPSA) is 35.0 Å². The lowest BCUT2D eigenvalue weighted by molar-refractivity contribution is 0.451. The number of rotatable bonds is 4. The monoisotopic (exact) mass is 378 g/mol. The highest BCUT2D eigenvalue weighted by molar-refractivity contribution is 9.10. The molecule has 3 nitrogen and oxygen atoms in total. The molecular formula is C13H10BrCl2FN2O. The summed E-state index contributed by atoms with van der Waals surface area (Å²) in [6, 6.07) is 4.07. The Bertz CT molecular complexity index is 640. The van der Waals surface area contributed by atoms with Crippen molar-refractivity contribution in [2.75, 3.05) is 0 Å². The Hall–Kier alpha value is -0.910. The van der Waals surface area contributed by atoms with Crippen LogP contribution in [-0.2, 0) is 6.42 Å². The van der Waals surface area contributed by atoms with Gasteiger partial charge in [0.05, 0.1) is 9.50 Å². The molecule has 1 aromatic carbocycles. The van der Waals surface area contributed by atoms with E-state index in [0.29, 0.717) is 16.7 Å². The SMILES string of the molecule is CCCc1nc(Cl)cc(Oc2cc(F)c(Cl)cc2Br)n1. The van der Waals surface area contributed by atoms with Crippen molar-refractivity contribution < 1.29 is 9.13 Å². The Balaban J connectivity index is 2.32. The summed E-state index contributed by atoms with van der Waals surface area (Å²) in [5, 5.41) is 0.292. The van der Waals surface area contributed by atoms with Gasteiger partial charge in [-0.25, -0.2) is 9.37 Å². The van der Waals surface area contributed by atoms with Gasteiger partial charge < -0.3 is 4.74 Å². The number of ether oxygens (including phenoxy) is 1. The third-order valence-corrected chi connectivity index (χ3v) is 3.48. The molecule has 7 heteroatoms. The molecule has 0 amide bonds. The zero-order valence-electron chi connectivity index (χ0n) is 10.5. The van der Waals surface area contributed by atoms with E-state index in [4.69, 9.17) is 27.9 Å². The van der Waals surface area contributed by atoms with Crippen LogP contribution in [0.4, 0.5) is 4.39 Å². The van der Waals surface area contributed by atoms with Gasteiger partial charge in [-0.2, -0.15) is 4.98 Å². The number of hydrogen-bond acceptors (Lipinski definition) is 3. The maximum absolute atomic E-state index is 13.4. The van der Waals surface area contributed by atoms with E-state index in [-0.39, 0.29) is 21.8 Å². The first-order valence-corrected chi connectivity index (χ1v) is 7.40. The van der Waals surface area contributed by atoms with Gasteiger partial charge in [0.2, 0.25) is 5.88 Å². The van der Waals surface area contributed by atoms with Gasteiger partial charge >= 0.3 is 0 Å². The van der Waals surface area contributed by atoms with Crippen molar-refractivity contribution >= 4 is 39.1 Å². The molecule has 0 bridgehead atoms. The first-order valence-electron chi connectivity index (χ1n) is 5.85. The fourth-order valence-corrected chi connectivity index (χ4v) is 2.44. The van der Waals surface area contributed by atoms with Gasteiger partial charge in [-0.1, -0.05) is 30.1 Å². The number of aromatic nitrogens is 2. The molecular weight excluding hydrogens is 370 g/mol. The number of hydrogen-bond donors (Lipinski definition) is 0. The van der Waals surface area contributed by atoms with Crippen molar-refractivity contribution in [1.82, 2.24) is 9.97 Å². The van der Waals surface area contributed by atoms with Crippen LogP contribution in [0.1, 0.15) is 19.2 Å². The normalized spacial score (nSPS) is 10.7. The summed E-state index contributed by atoms with van der Waals surface area (Å²) < 4.78 is 19.5. The van der Waals surface area contributed by atoms with Gasteiger partial charge in [-0.15, -0.1) is 0 Å². The van der Waals surface area contributed by atoms with E-state index < -0.39 is 5.82 Å². The fraction of sp³-hybridized carbons (Fsp3) is 0.231. The largest absolute Gasteiger partial charge is 0.438 e. The van der Waals surface area contributed by atoms with Crippen LogP contribution in [-0.4, -0.2) is 9.97 Å². The molecule has 0 atom stereocenters. The van der Waals surface area contributed by atoms with Crippen LogP contribution in [0.3, 0.4) is 0 Å². The minimum atomic E-state index is -0.571. The summed E-state index contributed by atoms with van der Waals surface area (Å²) >= 11 is 14.8. The first-order chi connectivity index (χ1) is 9.49. The molecule has 0 fully saturated rings. The molecule has 0 aliphatic carbocycles. The fourth-order valence-electron chi connectivity index (χ4n) is 1.52. The summed E-state index contributed by atoms with van der Waals surface area (Å²) in [6.45, 7) is 2.01. The average molecular weight is 380 g/mol. The first kappa shape index (κ1) is 15.5. The highest BCUT2D eigenvalue weighted by Gasteiger charge is 2.11. The highest BCUT2D eigenvalue weighted by atomic mass is 79.9. The lowest BCUT2D eigenvalue weighted by atomic mass is 10.3. The molecule has 0 saturated carbocycles. The Morgan fingerprint density at radius 2 is 2.00 bits per heavy atom. The molecule has 106 valence electrons. The molecule has 0 aliphatic heterocycles. The van der Waals surface area contributed by atoms with Gasteiger partial charge in [0.15, 0.2) is 0 Å². The molecule has 0 unspecified atom stereocenters. The molecule has 0 N–H and O–H groups in total. The van der Waals surface area contributed by atoms with Crippen molar-refractivity contribution in [2.45, 2.75) is 19.8 Å². The van der Waals surface area contributed by atoms with Gasteiger partial charge in [0, 0.05) is 18.6 Å². The lowest BCUT2D eigenvalue weighted by Gasteiger charge is -2.09. The molecule has 20 heavy (non-hydrogen) atoms. The van der Waals surface area contributed by atoms with E-state index in [1.165, 1.54) is 18.2 Å². The maximum atomic E-state index is 13.4. The molecule has 2 rings (SSSR count). The Morgan fingerprint density at radius 1 is 1.25 bits per heavy atom. The molecule has 0 radical (unpaired) electrons. The van der Waals surface area contributed by atoms with E-state index >= 15 is 0 Å². The van der Waals surface area contributed by atoms with E-state index in [0.717, 1.165) is 6.42 Å². The van der Waals surface area contributed by atoms with Gasteiger partial charge in [-0.3, -0.25) is 0 Å². The van der Waals surface area contributed by atoms with Gasteiger partial charge in [0.1, 0.15) is 22.5 Å². The molecule has 1 heterocycles. The van der Waals surface area contributed by atoms with Crippen molar-refractivity contribution in [3.63, 3.8) is 0 Å². The van der Waals surface area contributed by atoms with Crippen LogP contribution < -0.4 is 4.74 Å². The quantitative estimate of drug-likeness (QED) is 0.524. The zero-order chi connectivity index (χ0) is 14.7. The minimum absolute atomic E-state index is 0.0108. The van der Waals surface area contributed by atoms with E-state index in [2.05, 4.69) is 25.9 Å².